The molecule has 4 aromatic rings. The number of hydrogen-bond donors (Lipinski definition) is 1. The first kappa shape index (κ1) is 34.6. The van der Waals surface area contributed by atoms with Crippen LogP contribution in [0.3, 0.4) is 0 Å². The highest BCUT2D eigenvalue weighted by Gasteiger charge is 2.35. The Balaban J connectivity index is 1.83. The van der Waals surface area contributed by atoms with Crippen LogP contribution in [0.5, 0.6) is 11.5 Å². The number of rotatable bonds is 14. The third-order valence-corrected chi connectivity index (χ3v) is 9.75. The van der Waals surface area contributed by atoms with Crippen molar-refractivity contribution >= 4 is 50.7 Å². The number of hydrogen-bond acceptors (Lipinski definition) is 6. The number of benzene rings is 4. The number of carbonyl (C=O) groups is 2. The Hall–Kier alpha value is -4.25. The van der Waals surface area contributed by atoms with Gasteiger partial charge in [0, 0.05) is 19.5 Å². The summed E-state index contributed by atoms with van der Waals surface area (Å²) in [6.07, 6.45) is 0.180. The minimum atomic E-state index is -4.33. The lowest BCUT2D eigenvalue weighted by Gasteiger charge is -2.34. The van der Waals surface area contributed by atoms with E-state index in [-0.39, 0.29) is 40.2 Å². The molecule has 0 aliphatic heterocycles. The van der Waals surface area contributed by atoms with Crippen LogP contribution in [0, 0.1) is 0 Å². The van der Waals surface area contributed by atoms with Crippen molar-refractivity contribution in [2.24, 2.45) is 0 Å². The zero-order chi connectivity index (χ0) is 33.3. The zero-order valence-electron chi connectivity index (χ0n) is 25.7. The molecule has 0 bridgehead atoms. The van der Waals surface area contributed by atoms with Gasteiger partial charge in [0.2, 0.25) is 11.8 Å². The second-order valence-electron chi connectivity index (χ2n) is 10.2. The Kier molecular flexibility index (Phi) is 11.9. The summed E-state index contributed by atoms with van der Waals surface area (Å²) in [5.41, 5.74) is 1.58. The van der Waals surface area contributed by atoms with Crippen molar-refractivity contribution in [3.05, 3.63) is 118 Å². The Morgan fingerprint density at radius 1 is 0.826 bits per heavy atom. The molecule has 0 aliphatic carbocycles. The maximum atomic E-state index is 14.5. The van der Waals surface area contributed by atoms with E-state index >= 15 is 0 Å². The predicted octanol–water partition coefficient (Wildman–Crippen LogP) is 5.98. The minimum absolute atomic E-state index is 0.0489. The number of anilines is 1. The molecule has 12 heteroatoms. The van der Waals surface area contributed by atoms with Crippen molar-refractivity contribution in [3.63, 3.8) is 0 Å². The van der Waals surface area contributed by atoms with E-state index in [0.29, 0.717) is 22.9 Å². The molecule has 0 heterocycles. The van der Waals surface area contributed by atoms with Gasteiger partial charge in [0.05, 0.1) is 34.8 Å². The summed E-state index contributed by atoms with van der Waals surface area (Å²) >= 11 is 12.5. The molecule has 0 saturated carbocycles. The second kappa shape index (κ2) is 15.8. The molecule has 0 spiro atoms. The first-order chi connectivity index (χ1) is 22.1. The van der Waals surface area contributed by atoms with Crippen LogP contribution in [-0.4, -0.2) is 58.5 Å². The molecule has 242 valence electrons. The fourth-order valence-corrected chi connectivity index (χ4v) is 6.65. The molecule has 0 radical (unpaired) electrons. The lowest BCUT2D eigenvalue weighted by atomic mass is 10.0. The molecular formula is C34H35Cl2N3O6S. The Morgan fingerprint density at radius 2 is 1.50 bits per heavy atom. The van der Waals surface area contributed by atoms with Crippen LogP contribution in [0.15, 0.2) is 102 Å². The maximum Gasteiger partial charge on any atom is 0.264 e. The third kappa shape index (κ3) is 8.31. The summed E-state index contributed by atoms with van der Waals surface area (Å²) < 4.78 is 40.2. The van der Waals surface area contributed by atoms with Gasteiger partial charge in [-0.25, -0.2) is 8.42 Å². The Bertz CT molecular complexity index is 1750. The molecule has 4 aromatic carbocycles. The van der Waals surface area contributed by atoms with Gasteiger partial charge in [-0.2, -0.15) is 0 Å². The van der Waals surface area contributed by atoms with Gasteiger partial charge < -0.3 is 19.7 Å². The van der Waals surface area contributed by atoms with E-state index in [2.05, 4.69) is 5.32 Å². The van der Waals surface area contributed by atoms with Crippen molar-refractivity contribution in [1.29, 1.82) is 0 Å². The first-order valence-electron chi connectivity index (χ1n) is 14.4. The molecule has 2 amide bonds. The summed E-state index contributed by atoms with van der Waals surface area (Å²) in [5.74, 6) is -0.298. The van der Waals surface area contributed by atoms with Gasteiger partial charge in [0.1, 0.15) is 24.1 Å². The first-order valence-corrected chi connectivity index (χ1v) is 16.6. The van der Waals surface area contributed by atoms with E-state index in [1.165, 1.54) is 43.4 Å². The highest BCUT2D eigenvalue weighted by molar-refractivity contribution is 7.92. The van der Waals surface area contributed by atoms with Gasteiger partial charge in [-0.3, -0.25) is 13.9 Å². The molecule has 0 aromatic heterocycles. The molecule has 0 fully saturated rings. The Morgan fingerprint density at radius 3 is 2.13 bits per heavy atom. The zero-order valence-corrected chi connectivity index (χ0v) is 28.0. The number of likely N-dealkylation sites (N-methyl/N-ethyl adjacent to an activating group) is 1. The largest absolute Gasteiger partial charge is 0.497 e. The van der Waals surface area contributed by atoms with E-state index in [0.717, 1.165) is 9.87 Å². The van der Waals surface area contributed by atoms with E-state index in [1.54, 1.807) is 49.4 Å². The third-order valence-electron chi connectivity index (χ3n) is 7.24. The molecule has 1 atom stereocenters. The lowest BCUT2D eigenvalue weighted by molar-refractivity contribution is -0.140. The van der Waals surface area contributed by atoms with Crippen molar-refractivity contribution in [3.8, 4) is 11.5 Å². The standard InChI is InChI=1S/C34H35Cl2N3O6S/c1-4-37-34(41)31(21-24-10-6-5-7-11-24)38(22-25-14-19-28(35)29(36)20-25)33(40)23-39(30-12-8-9-13-32(30)45-3)46(42,43)27-17-15-26(44-2)16-18-27/h5-20,31H,4,21-23H2,1-3H3,(H,37,41). The van der Waals surface area contributed by atoms with Crippen LogP contribution in [0.2, 0.25) is 10.0 Å². The van der Waals surface area contributed by atoms with Gasteiger partial charge in [-0.15, -0.1) is 0 Å². The fourth-order valence-electron chi connectivity index (χ4n) is 4.90. The SMILES string of the molecule is CCNC(=O)C(Cc1ccccc1)N(Cc1ccc(Cl)c(Cl)c1)C(=O)CN(c1ccccc1OC)S(=O)(=O)c1ccc(OC)cc1. The van der Waals surface area contributed by atoms with Crippen molar-refractivity contribution in [1.82, 2.24) is 10.2 Å². The van der Waals surface area contributed by atoms with Crippen LogP contribution < -0.4 is 19.1 Å². The number of carbonyl (C=O) groups excluding carboxylic acids is 2. The molecule has 0 aliphatic rings. The number of methoxy groups -OCH3 is 2. The maximum absolute atomic E-state index is 14.5. The second-order valence-corrected chi connectivity index (χ2v) is 12.9. The van der Waals surface area contributed by atoms with E-state index in [1.807, 2.05) is 30.3 Å². The van der Waals surface area contributed by atoms with E-state index in [9.17, 15) is 18.0 Å². The van der Waals surface area contributed by atoms with Crippen LogP contribution in [0.25, 0.3) is 0 Å². The van der Waals surface area contributed by atoms with E-state index in [4.69, 9.17) is 32.7 Å². The van der Waals surface area contributed by atoms with Crippen LogP contribution >= 0.6 is 23.2 Å². The number of sulfonamides is 1. The number of para-hydroxylation sites is 2. The summed E-state index contributed by atoms with van der Waals surface area (Å²) in [7, 11) is -1.43. The Labute approximate surface area is 279 Å². The average molecular weight is 685 g/mol. The minimum Gasteiger partial charge on any atom is -0.497 e. The van der Waals surface area contributed by atoms with Crippen LogP contribution in [0.1, 0.15) is 18.1 Å². The molecule has 1 unspecified atom stereocenters. The average Bonchev–Trinajstić information content (AvgIpc) is 3.07. The smallest absolute Gasteiger partial charge is 0.264 e. The number of amides is 2. The van der Waals surface area contributed by atoms with E-state index < -0.39 is 28.5 Å². The quantitative estimate of drug-likeness (QED) is 0.175. The summed E-state index contributed by atoms with van der Waals surface area (Å²) in [6, 6.07) is 25.6. The molecule has 46 heavy (non-hydrogen) atoms. The number of halogens is 2. The summed E-state index contributed by atoms with van der Waals surface area (Å²) in [4.78, 5) is 29.5. The van der Waals surface area contributed by atoms with Gasteiger partial charge in [0.15, 0.2) is 0 Å². The predicted molar refractivity (Wildman–Crippen MR) is 180 cm³/mol. The molecule has 4 rings (SSSR count). The summed E-state index contributed by atoms with van der Waals surface area (Å²) in [6.45, 7) is 1.43. The molecule has 1 N–H and O–H groups in total. The van der Waals surface area contributed by atoms with Gasteiger partial charge in [-0.1, -0.05) is 71.7 Å². The van der Waals surface area contributed by atoms with Gasteiger partial charge in [0.25, 0.3) is 10.0 Å². The highest BCUT2D eigenvalue weighted by Crippen LogP contribution is 2.33. The number of nitrogens with zero attached hydrogens (tertiary/aromatic N) is 2. The molecule has 9 nitrogen and oxygen atoms in total. The topological polar surface area (TPSA) is 105 Å². The monoisotopic (exact) mass is 683 g/mol. The number of nitrogens with one attached hydrogen (secondary N) is 1. The fraction of sp³-hybridized carbons (Fsp3) is 0.235. The highest BCUT2D eigenvalue weighted by atomic mass is 35.5. The van der Waals surface area contributed by atoms with Gasteiger partial charge in [-0.05, 0) is 66.6 Å². The van der Waals surface area contributed by atoms with Crippen molar-refractivity contribution in [2.45, 2.75) is 30.8 Å². The van der Waals surface area contributed by atoms with Crippen LogP contribution in [-0.2, 0) is 32.6 Å². The number of ether oxygens (including phenoxy) is 2. The van der Waals surface area contributed by atoms with Gasteiger partial charge >= 0.3 is 0 Å². The van der Waals surface area contributed by atoms with Crippen molar-refractivity contribution < 1.29 is 27.5 Å². The van der Waals surface area contributed by atoms with Crippen LogP contribution in [0.4, 0.5) is 5.69 Å². The molecule has 0 saturated heterocycles. The normalized spacial score (nSPS) is 11.8. The van der Waals surface area contributed by atoms with Crippen molar-refractivity contribution in [2.75, 3.05) is 31.6 Å². The summed E-state index contributed by atoms with van der Waals surface area (Å²) in [5, 5.41) is 3.45. The lowest BCUT2D eigenvalue weighted by Crippen LogP contribution is -2.53. The molecular weight excluding hydrogens is 649 g/mol.